The molecule has 3 aromatic carbocycles. The Balaban J connectivity index is 1.45. The number of alkyl halides is 3. The highest BCUT2D eigenvalue weighted by Crippen LogP contribution is 2.38. The molecule has 2 heterocycles. The van der Waals surface area contributed by atoms with Gasteiger partial charge in [-0.3, -0.25) is 10.1 Å². The number of ether oxygens (including phenoxy) is 1. The molecule has 2 aromatic heterocycles. The first-order chi connectivity index (χ1) is 23.6. The molecule has 9 nitrogen and oxygen atoms in total. The topological polar surface area (TPSA) is 118 Å². The van der Waals surface area contributed by atoms with Crippen LogP contribution in [0.5, 0.6) is 0 Å². The van der Waals surface area contributed by atoms with Gasteiger partial charge in [-0.2, -0.15) is 13.2 Å². The Hall–Kier alpha value is -5.17. The van der Waals surface area contributed by atoms with Crippen molar-refractivity contribution in [1.82, 2.24) is 20.3 Å². The van der Waals surface area contributed by atoms with E-state index in [-0.39, 0.29) is 17.0 Å². The first-order valence-electron chi connectivity index (χ1n) is 15.8. The molecule has 50 heavy (non-hydrogen) atoms. The molecular weight excluding hydrogens is 666 g/mol. The summed E-state index contributed by atoms with van der Waals surface area (Å²) in [6.45, 7) is 10.9. The molecule has 0 aliphatic carbocycles. The minimum atomic E-state index is -4.57. The van der Waals surface area contributed by atoms with Crippen LogP contribution in [0.1, 0.15) is 80.7 Å². The third-order valence-corrected chi connectivity index (χ3v) is 8.50. The van der Waals surface area contributed by atoms with E-state index < -0.39 is 35.4 Å². The van der Waals surface area contributed by atoms with E-state index in [2.05, 4.69) is 30.9 Å². The maximum atomic E-state index is 13.7. The molecule has 0 radical (unpaired) electrons. The summed E-state index contributed by atoms with van der Waals surface area (Å²) in [6, 6.07) is 20.2. The molecule has 260 valence electrons. The summed E-state index contributed by atoms with van der Waals surface area (Å²) in [4.78, 5) is 40.7. The second-order valence-corrected chi connectivity index (χ2v) is 14.0. The molecule has 0 fully saturated rings. The van der Waals surface area contributed by atoms with Crippen molar-refractivity contribution in [1.29, 1.82) is 0 Å². The number of carbonyl (C=O) groups is 2. The van der Waals surface area contributed by atoms with Gasteiger partial charge in [0.1, 0.15) is 17.7 Å². The third-order valence-electron chi connectivity index (χ3n) is 7.41. The summed E-state index contributed by atoms with van der Waals surface area (Å²) in [5.74, 6) is 0.101. The van der Waals surface area contributed by atoms with E-state index >= 15 is 0 Å². The van der Waals surface area contributed by atoms with Gasteiger partial charge in [0.05, 0.1) is 22.7 Å². The second-order valence-electron chi connectivity index (χ2n) is 12.9. The molecule has 0 aliphatic heterocycles. The summed E-state index contributed by atoms with van der Waals surface area (Å²) in [5, 5.41) is 9.43. The van der Waals surface area contributed by atoms with Gasteiger partial charge >= 0.3 is 12.3 Å². The lowest BCUT2D eigenvalue weighted by molar-refractivity contribution is -0.138. The van der Waals surface area contributed by atoms with Crippen molar-refractivity contribution in [3.8, 4) is 0 Å². The lowest BCUT2D eigenvalue weighted by Gasteiger charge is -2.20. The fraction of sp³-hybridized carbons (Fsp3) is 0.270. The van der Waals surface area contributed by atoms with Crippen LogP contribution in [-0.2, 0) is 10.9 Å². The van der Waals surface area contributed by atoms with Crippen molar-refractivity contribution < 1.29 is 27.5 Å². The quantitative estimate of drug-likeness (QED) is 0.139. The van der Waals surface area contributed by atoms with Crippen molar-refractivity contribution in [3.63, 3.8) is 0 Å². The van der Waals surface area contributed by atoms with Gasteiger partial charge in [0.15, 0.2) is 5.65 Å². The molecule has 5 aromatic rings. The Bertz CT molecular complexity index is 2010. The molecule has 2 amide bonds. The van der Waals surface area contributed by atoms with E-state index in [1.54, 1.807) is 51.1 Å². The van der Waals surface area contributed by atoms with Crippen molar-refractivity contribution >= 4 is 52.0 Å². The van der Waals surface area contributed by atoms with E-state index in [4.69, 9.17) is 4.74 Å². The summed E-state index contributed by atoms with van der Waals surface area (Å²) >= 11 is 1.40. The van der Waals surface area contributed by atoms with Gasteiger partial charge in [0, 0.05) is 26.7 Å². The van der Waals surface area contributed by atoms with E-state index in [0.717, 1.165) is 21.6 Å². The number of nitrogens with zero attached hydrogens (tertiary/aromatic N) is 3. The summed E-state index contributed by atoms with van der Waals surface area (Å²) in [5.41, 5.74) is 1.20. The number of carbonyl (C=O) groups excluding carboxylic acids is 2. The van der Waals surface area contributed by atoms with E-state index in [1.807, 2.05) is 38.1 Å². The Labute approximate surface area is 292 Å². The fourth-order valence-electron chi connectivity index (χ4n) is 5.01. The molecule has 0 saturated heterocycles. The van der Waals surface area contributed by atoms with Crippen LogP contribution in [0.3, 0.4) is 0 Å². The Morgan fingerprint density at radius 1 is 0.880 bits per heavy atom. The third kappa shape index (κ3) is 9.08. The van der Waals surface area contributed by atoms with E-state index in [9.17, 15) is 22.8 Å². The molecule has 1 atom stereocenters. The van der Waals surface area contributed by atoms with E-state index in [1.165, 1.54) is 43.2 Å². The maximum Gasteiger partial charge on any atom is 0.416 e. The number of pyridine rings is 1. The molecule has 0 bridgehead atoms. The Kier molecular flexibility index (Phi) is 10.7. The Morgan fingerprint density at radius 2 is 1.60 bits per heavy atom. The lowest BCUT2D eigenvalue weighted by Crippen LogP contribution is -2.28. The van der Waals surface area contributed by atoms with Crippen LogP contribution in [0.2, 0.25) is 0 Å². The molecule has 3 N–H and O–H groups in total. The average Bonchev–Trinajstić information content (AvgIpc) is 3.05. The monoisotopic (exact) mass is 702 g/mol. The predicted octanol–water partition coefficient (Wildman–Crippen LogP) is 9.90. The standard InChI is InChI=1S/C37H37F3N6O3S/c1-21(2)29-17-16-27-32(45-29)41-20-42-33(27)46-30-19-23(34(47)43-22(3)26-9-7-8-10-28(26)37(38,39)40)11-18-31(30)50-25-14-12-24(13-15-25)44-35(48)49-36(4,5)6/h7-22H,1-6H3,(H,43,47)(H,44,48)(H,41,42,45,46). The van der Waals surface area contributed by atoms with Crippen LogP contribution >= 0.6 is 11.8 Å². The van der Waals surface area contributed by atoms with Crippen LogP contribution in [0.4, 0.5) is 35.2 Å². The summed E-state index contributed by atoms with van der Waals surface area (Å²) in [7, 11) is 0. The zero-order valence-corrected chi connectivity index (χ0v) is 29.2. The molecule has 1 unspecified atom stereocenters. The smallest absolute Gasteiger partial charge is 0.416 e. The minimum absolute atomic E-state index is 0.0378. The van der Waals surface area contributed by atoms with Gasteiger partial charge in [0.2, 0.25) is 0 Å². The normalized spacial score (nSPS) is 12.4. The number of hydrogen-bond donors (Lipinski definition) is 3. The number of aromatic nitrogens is 3. The number of fused-ring (bicyclic) bond motifs is 1. The van der Waals surface area contributed by atoms with E-state index in [0.29, 0.717) is 28.2 Å². The number of rotatable bonds is 9. The molecule has 0 spiro atoms. The van der Waals surface area contributed by atoms with Crippen LogP contribution in [0.25, 0.3) is 11.0 Å². The number of hydrogen-bond acceptors (Lipinski definition) is 8. The minimum Gasteiger partial charge on any atom is -0.444 e. The summed E-state index contributed by atoms with van der Waals surface area (Å²) in [6.07, 6.45) is -3.73. The Morgan fingerprint density at radius 3 is 2.28 bits per heavy atom. The zero-order valence-electron chi connectivity index (χ0n) is 28.3. The van der Waals surface area contributed by atoms with Crippen LogP contribution < -0.4 is 16.0 Å². The fourth-order valence-corrected chi connectivity index (χ4v) is 5.89. The van der Waals surface area contributed by atoms with Crippen LogP contribution in [0, 0.1) is 0 Å². The SMILES string of the molecule is CC(C)c1ccc2c(Nc3cc(C(=O)NC(C)c4ccccc4C(F)(F)F)ccc3Sc3ccc(NC(=O)OC(C)(C)C)cc3)ncnc2n1. The summed E-state index contributed by atoms with van der Waals surface area (Å²) < 4.78 is 46.4. The van der Waals surface area contributed by atoms with Gasteiger partial charge in [0.25, 0.3) is 5.91 Å². The van der Waals surface area contributed by atoms with Crippen molar-refractivity contribution in [3.05, 3.63) is 108 Å². The predicted molar refractivity (Wildman–Crippen MR) is 189 cm³/mol. The van der Waals surface area contributed by atoms with Crippen molar-refractivity contribution in [2.75, 3.05) is 10.6 Å². The molecule has 13 heteroatoms. The van der Waals surface area contributed by atoms with Crippen LogP contribution in [0.15, 0.2) is 95.0 Å². The highest BCUT2D eigenvalue weighted by molar-refractivity contribution is 7.99. The highest BCUT2D eigenvalue weighted by atomic mass is 32.2. The number of anilines is 3. The van der Waals surface area contributed by atoms with Crippen molar-refractivity contribution in [2.24, 2.45) is 0 Å². The van der Waals surface area contributed by atoms with Crippen molar-refractivity contribution in [2.45, 2.75) is 75.1 Å². The van der Waals surface area contributed by atoms with Crippen LogP contribution in [-0.4, -0.2) is 32.6 Å². The van der Waals surface area contributed by atoms with Gasteiger partial charge in [-0.25, -0.2) is 19.7 Å². The number of halogens is 3. The zero-order chi connectivity index (χ0) is 36.2. The molecule has 0 aliphatic rings. The maximum absolute atomic E-state index is 13.7. The van der Waals surface area contributed by atoms with Gasteiger partial charge < -0.3 is 15.4 Å². The largest absolute Gasteiger partial charge is 0.444 e. The molecule has 5 rings (SSSR count). The molecule has 0 saturated carbocycles. The first-order valence-corrected chi connectivity index (χ1v) is 16.7. The number of amides is 2. The van der Waals surface area contributed by atoms with Gasteiger partial charge in [-0.1, -0.05) is 43.8 Å². The van der Waals surface area contributed by atoms with Gasteiger partial charge in [-0.05, 0) is 99.8 Å². The number of nitrogens with one attached hydrogen (secondary N) is 3. The lowest BCUT2D eigenvalue weighted by atomic mass is 10.0. The first kappa shape index (κ1) is 36.1. The average molecular weight is 703 g/mol. The second kappa shape index (κ2) is 14.8. The van der Waals surface area contributed by atoms with Gasteiger partial charge in [-0.15, -0.1) is 0 Å². The number of benzene rings is 3. The molecular formula is C37H37F3N6O3S. The highest BCUT2D eigenvalue weighted by Gasteiger charge is 2.34.